The summed E-state index contributed by atoms with van der Waals surface area (Å²) in [6, 6.07) is 13.7. The van der Waals surface area contributed by atoms with Gasteiger partial charge in [-0.25, -0.2) is 0 Å². The van der Waals surface area contributed by atoms with Gasteiger partial charge in [-0.1, -0.05) is 30.3 Å². The van der Waals surface area contributed by atoms with E-state index in [4.69, 9.17) is 5.73 Å². The number of benzene rings is 2. The molecule has 0 aromatic heterocycles. The summed E-state index contributed by atoms with van der Waals surface area (Å²) in [6.45, 7) is 1.80. The summed E-state index contributed by atoms with van der Waals surface area (Å²) in [6.07, 6.45) is 2.53. The van der Waals surface area contributed by atoms with Crippen LogP contribution in [0.4, 0.5) is 5.69 Å². The number of nitrogens with one attached hydrogen (secondary N) is 1. The zero-order valence-corrected chi connectivity index (χ0v) is 17.3. The van der Waals surface area contributed by atoms with E-state index in [9.17, 15) is 14.4 Å². The lowest BCUT2D eigenvalue weighted by Crippen LogP contribution is -2.52. The van der Waals surface area contributed by atoms with Gasteiger partial charge >= 0.3 is 0 Å². The van der Waals surface area contributed by atoms with E-state index in [0.717, 1.165) is 30.5 Å². The Hall–Kier alpha value is -3.19. The number of nitrogens with two attached hydrogens (primary N) is 1. The van der Waals surface area contributed by atoms with E-state index in [1.807, 2.05) is 18.2 Å². The minimum absolute atomic E-state index is 0.0887. The molecule has 3 aliphatic rings. The Kier molecular flexibility index (Phi) is 4.98. The molecule has 7 nitrogen and oxygen atoms in total. The first-order valence-corrected chi connectivity index (χ1v) is 10.8. The molecule has 3 N–H and O–H groups in total. The fourth-order valence-electron chi connectivity index (χ4n) is 5.00. The van der Waals surface area contributed by atoms with Gasteiger partial charge in [-0.3, -0.25) is 19.7 Å². The molecule has 7 heteroatoms. The molecular formula is C24H26N4O3. The molecule has 160 valence electrons. The summed E-state index contributed by atoms with van der Waals surface area (Å²) in [7, 11) is 0. The molecule has 2 aromatic carbocycles. The molecule has 0 radical (unpaired) electrons. The van der Waals surface area contributed by atoms with Gasteiger partial charge in [-0.15, -0.1) is 0 Å². The largest absolute Gasteiger partial charge is 0.365 e. The molecular weight excluding hydrogens is 392 g/mol. The van der Waals surface area contributed by atoms with Gasteiger partial charge in [-0.2, -0.15) is 0 Å². The summed E-state index contributed by atoms with van der Waals surface area (Å²) < 4.78 is 0. The fraction of sp³-hybridized carbons (Fsp3) is 0.375. The van der Waals surface area contributed by atoms with Crippen LogP contribution in [0.15, 0.2) is 42.5 Å². The Morgan fingerprint density at radius 2 is 1.84 bits per heavy atom. The Morgan fingerprint density at radius 1 is 1.00 bits per heavy atom. The van der Waals surface area contributed by atoms with E-state index in [-0.39, 0.29) is 30.2 Å². The van der Waals surface area contributed by atoms with Gasteiger partial charge in [0.1, 0.15) is 6.04 Å². The van der Waals surface area contributed by atoms with Crippen LogP contribution in [0.2, 0.25) is 0 Å². The quantitative estimate of drug-likeness (QED) is 0.740. The second-order valence-corrected chi connectivity index (χ2v) is 8.65. The highest BCUT2D eigenvalue weighted by atomic mass is 16.2. The third-order valence-electron chi connectivity index (χ3n) is 6.61. The molecule has 3 heterocycles. The van der Waals surface area contributed by atoms with E-state index in [2.05, 4.69) is 34.5 Å². The van der Waals surface area contributed by atoms with Crippen molar-refractivity contribution < 1.29 is 14.4 Å². The number of nitrogens with zero attached hydrogens (tertiary/aromatic N) is 2. The van der Waals surface area contributed by atoms with Crippen molar-refractivity contribution in [2.45, 2.75) is 50.9 Å². The maximum absolute atomic E-state index is 13.1. The number of carbonyl (C=O) groups is 3. The first kappa shape index (κ1) is 19.8. The molecule has 31 heavy (non-hydrogen) atoms. The Balaban J connectivity index is 1.44. The number of anilines is 1. The highest BCUT2D eigenvalue weighted by molar-refractivity contribution is 6.05. The van der Waals surface area contributed by atoms with Crippen molar-refractivity contribution in [3.05, 3.63) is 64.7 Å². The maximum Gasteiger partial charge on any atom is 0.255 e. The van der Waals surface area contributed by atoms with Gasteiger partial charge in [0.05, 0.1) is 0 Å². The number of piperidine rings is 1. The number of amides is 3. The van der Waals surface area contributed by atoms with Gasteiger partial charge in [0.2, 0.25) is 11.8 Å². The normalized spacial score (nSPS) is 23.3. The molecule has 0 aliphatic carbocycles. The minimum Gasteiger partial charge on any atom is -0.365 e. The van der Waals surface area contributed by atoms with E-state index in [0.29, 0.717) is 25.1 Å². The van der Waals surface area contributed by atoms with Crippen LogP contribution < -0.4 is 16.0 Å². The van der Waals surface area contributed by atoms with Crippen molar-refractivity contribution in [2.75, 3.05) is 11.4 Å². The predicted octanol–water partition coefficient (Wildman–Crippen LogP) is 1.73. The molecule has 3 aliphatic heterocycles. The second-order valence-electron chi connectivity index (χ2n) is 8.65. The number of rotatable bonds is 3. The van der Waals surface area contributed by atoms with Crippen LogP contribution in [0.25, 0.3) is 0 Å². The van der Waals surface area contributed by atoms with Crippen LogP contribution in [-0.4, -0.2) is 41.2 Å². The SMILES string of the molecule is NC1CCc2ccccc2N(Cc2cccc3c2CN(C2CCC(=O)NC2=O)C3=O)C1. The number of para-hydroxylation sites is 1. The van der Waals surface area contributed by atoms with Gasteiger partial charge in [0, 0.05) is 43.3 Å². The number of fused-ring (bicyclic) bond motifs is 2. The van der Waals surface area contributed by atoms with E-state index in [1.54, 1.807) is 4.90 Å². The maximum atomic E-state index is 13.1. The third kappa shape index (κ3) is 3.59. The van der Waals surface area contributed by atoms with E-state index in [1.165, 1.54) is 11.3 Å². The second kappa shape index (κ2) is 7.81. The average molecular weight is 418 g/mol. The van der Waals surface area contributed by atoms with Crippen LogP contribution >= 0.6 is 0 Å². The lowest BCUT2D eigenvalue weighted by Gasteiger charge is -2.30. The lowest BCUT2D eigenvalue weighted by molar-refractivity contribution is -0.136. The van der Waals surface area contributed by atoms with Gasteiger partial charge < -0.3 is 15.5 Å². The number of imide groups is 1. The molecule has 2 atom stereocenters. The highest BCUT2D eigenvalue weighted by Crippen LogP contribution is 2.33. The smallest absolute Gasteiger partial charge is 0.255 e. The van der Waals surface area contributed by atoms with Crippen molar-refractivity contribution in [1.82, 2.24) is 10.2 Å². The third-order valence-corrected chi connectivity index (χ3v) is 6.61. The molecule has 0 saturated carbocycles. The van der Waals surface area contributed by atoms with Crippen molar-refractivity contribution >= 4 is 23.4 Å². The van der Waals surface area contributed by atoms with E-state index >= 15 is 0 Å². The van der Waals surface area contributed by atoms with Crippen molar-refractivity contribution in [3.8, 4) is 0 Å². The monoisotopic (exact) mass is 418 g/mol. The minimum atomic E-state index is -0.599. The summed E-state index contributed by atoms with van der Waals surface area (Å²) in [4.78, 5) is 40.9. The standard InChI is InChI=1S/C24H26N4O3/c25-17-9-8-15-4-1-2-7-20(15)27(13-17)12-16-5-3-6-18-19(16)14-28(24(18)31)21-10-11-22(29)26-23(21)30/h1-7,17,21H,8-14,25H2,(H,26,29,30). The fourth-order valence-corrected chi connectivity index (χ4v) is 5.00. The van der Waals surface area contributed by atoms with Crippen LogP contribution in [0.1, 0.15) is 46.3 Å². The molecule has 5 rings (SSSR count). The van der Waals surface area contributed by atoms with Crippen LogP contribution in [0, 0.1) is 0 Å². The molecule has 1 fully saturated rings. The summed E-state index contributed by atoms with van der Waals surface area (Å²) in [5.41, 5.74) is 11.5. The van der Waals surface area contributed by atoms with E-state index < -0.39 is 6.04 Å². The number of aryl methyl sites for hydroxylation is 1. The van der Waals surface area contributed by atoms with Crippen molar-refractivity contribution in [1.29, 1.82) is 0 Å². The molecule has 2 unspecified atom stereocenters. The van der Waals surface area contributed by atoms with Gasteiger partial charge in [-0.05, 0) is 48.1 Å². The molecule has 2 aromatic rings. The van der Waals surface area contributed by atoms with Crippen LogP contribution in [-0.2, 0) is 29.1 Å². The first-order valence-electron chi connectivity index (χ1n) is 10.8. The molecule has 3 amide bonds. The molecule has 0 spiro atoms. The zero-order valence-electron chi connectivity index (χ0n) is 17.3. The lowest BCUT2D eigenvalue weighted by atomic mass is 10.0. The van der Waals surface area contributed by atoms with Gasteiger partial charge in [0.15, 0.2) is 0 Å². The first-order chi connectivity index (χ1) is 15.0. The van der Waals surface area contributed by atoms with Gasteiger partial charge in [0.25, 0.3) is 5.91 Å². The van der Waals surface area contributed by atoms with Crippen molar-refractivity contribution in [2.24, 2.45) is 5.73 Å². The molecule has 1 saturated heterocycles. The number of carbonyl (C=O) groups excluding carboxylic acids is 3. The summed E-state index contributed by atoms with van der Waals surface area (Å²) in [5.74, 6) is -0.798. The van der Waals surface area contributed by atoms with Crippen LogP contribution in [0.3, 0.4) is 0 Å². The zero-order chi connectivity index (χ0) is 21.5. The molecule has 0 bridgehead atoms. The Bertz CT molecular complexity index is 1070. The highest BCUT2D eigenvalue weighted by Gasteiger charge is 2.39. The number of hydrogen-bond donors (Lipinski definition) is 2. The summed E-state index contributed by atoms with van der Waals surface area (Å²) in [5, 5.41) is 2.36. The summed E-state index contributed by atoms with van der Waals surface area (Å²) >= 11 is 0. The van der Waals surface area contributed by atoms with Crippen LogP contribution in [0.5, 0.6) is 0 Å². The topological polar surface area (TPSA) is 95.7 Å². The number of hydrogen-bond acceptors (Lipinski definition) is 5. The predicted molar refractivity (Wildman–Crippen MR) is 116 cm³/mol. The Labute approximate surface area is 181 Å². The Morgan fingerprint density at radius 3 is 2.68 bits per heavy atom. The van der Waals surface area contributed by atoms with Crippen molar-refractivity contribution in [3.63, 3.8) is 0 Å². The average Bonchev–Trinajstić information content (AvgIpc) is 3.00.